The molecule has 4 rings (SSSR count). The van der Waals surface area contributed by atoms with Gasteiger partial charge in [0.1, 0.15) is 11.6 Å². The van der Waals surface area contributed by atoms with Gasteiger partial charge in [0.2, 0.25) is 5.91 Å². The van der Waals surface area contributed by atoms with Crippen molar-refractivity contribution in [2.75, 3.05) is 58.3 Å². The Balaban J connectivity index is 1.60. The van der Waals surface area contributed by atoms with Crippen molar-refractivity contribution >= 4 is 22.6 Å². The SMILES string of the molecule is CN(C)CCNC(=O)Cc1nc2cc(F)c(N3CCNCC3)cc2n1C1CC1. The fraction of sp³-hybridized carbons (Fsp3) is 0.600. The molecular weight excluding hydrogens is 359 g/mol. The highest BCUT2D eigenvalue weighted by atomic mass is 19.1. The summed E-state index contributed by atoms with van der Waals surface area (Å²) in [6.07, 6.45) is 2.39. The van der Waals surface area contributed by atoms with E-state index in [0.717, 1.165) is 56.9 Å². The standard InChI is InChI=1S/C20H29FN6O/c1-25(2)8-7-23-20(28)13-19-24-16-11-15(21)17(26-9-5-22-6-10-26)12-18(16)27(19)14-3-4-14/h11-12,14,22H,3-10,13H2,1-2H3,(H,23,28). The number of benzene rings is 1. The highest BCUT2D eigenvalue weighted by Gasteiger charge is 2.30. The molecule has 1 aromatic heterocycles. The van der Waals surface area contributed by atoms with E-state index >= 15 is 0 Å². The van der Waals surface area contributed by atoms with Gasteiger partial charge in [-0.05, 0) is 33.0 Å². The van der Waals surface area contributed by atoms with Gasteiger partial charge >= 0.3 is 0 Å². The number of fused-ring (bicyclic) bond motifs is 1. The summed E-state index contributed by atoms with van der Waals surface area (Å²) in [6, 6.07) is 3.82. The Morgan fingerprint density at radius 1 is 1.32 bits per heavy atom. The molecule has 0 spiro atoms. The minimum Gasteiger partial charge on any atom is -0.367 e. The number of amides is 1. The molecule has 2 aliphatic rings. The largest absolute Gasteiger partial charge is 0.367 e. The predicted octanol–water partition coefficient (Wildman–Crippen LogP) is 1.14. The summed E-state index contributed by atoms with van der Waals surface area (Å²) in [5.74, 6) is 0.454. The highest BCUT2D eigenvalue weighted by Crippen LogP contribution is 2.40. The first kappa shape index (κ1) is 19.1. The Bertz CT molecular complexity index is 854. The average Bonchev–Trinajstić information content (AvgIpc) is 3.43. The summed E-state index contributed by atoms with van der Waals surface area (Å²) < 4.78 is 16.9. The summed E-state index contributed by atoms with van der Waals surface area (Å²) in [5.41, 5.74) is 2.21. The van der Waals surface area contributed by atoms with Crippen LogP contribution in [0.25, 0.3) is 11.0 Å². The molecule has 0 bridgehead atoms. The first-order chi connectivity index (χ1) is 13.5. The number of imidazole rings is 1. The van der Waals surface area contributed by atoms with Crippen LogP contribution in [0, 0.1) is 5.82 Å². The maximum Gasteiger partial charge on any atom is 0.227 e. The molecular formula is C20H29FN6O. The quantitative estimate of drug-likeness (QED) is 0.745. The van der Waals surface area contributed by atoms with Gasteiger partial charge in [-0.1, -0.05) is 0 Å². The summed E-state index contributed by atoms with van der Waals surface area (Å²) in [6.45, 7) is 4.71. The minimum atomic E-state index is -0.239. The van der Waals surface area contributed by atoms with Crippen molar-refractivity contribution in [1.29, 1.82) is 0 Å². The fourth-order valence-electron chi connectivity index (χ4n) is 3.79. The van der Waals surface area contributed by atoms with Crippen LogP contribution in [0.4, 0.5) is 10.1 Å². The molecule has 1 saturated heterocycles. The molecule has 0 unspecified atom stereocenters. The molecule has 2 aromatic rings. The molecule has 28 heavy (non-hydrogen) atoms. The third-order valence-electron chi connectivity index (χ3n) is 5.40. The fourth-order valence-corrected chi connectivity index (χ4v) is 3.79. The molecule has 2 heterocycles. The number of carbonyl (C=O) groups excluding carboxylic acids is 1. The Labute approximate surface area is 164 Å². The zero-order chi connectivity index (χ0) is 19.7. The van der Waals surface area contributed by atoms with E-state index < -0.39 is 0 Å². The van der Waals surface area contributed by atoms with E-state index in [1.807, 2.05) is 25.1 Å². The lowest BCUT2D eigenvalue weighted by Crippen LogP contribution is -2.43. The molecule has 1 saturated carbocycles. The molecule has 0 radical (unpaired) electrons. The van der Waals surface area contributed by atoms with Crippen LogP contribution < -0.4 is 15.5 Å². The molecule has 7 nitrogen and oxygen atoms in total. The van der Waals surface area contributed by atoms with E-state index in [4.69, 9.17) is 0 Å². The second kappa shape index (κ2) is 8.05. The highest BCUT2D eigenvalue weighted by molar-refractivity contribution is 5.84. The topological polar surface area (TPSA) is 65.4 Å². The number of piperazine rings is 1. The van der Waals surface area contributed by atoms with Crippen LogP contribution in [0.15, 0.2) is 12.1 Å². The molecule has 1 aliphatic heterocycles. The number of aromatic nitrogens is 2. The summed E-state index contributed by atoms with van der Waals surface area (Å²) >= 11 is 0. The summed E-state index contributed by atoms with van der Waals surface area (Å²) in [5, 5.41) is 6.25. The summed E-state index contributed by atoms with van der Waals surface area (Å²) in [4.78, 5) is 21.1. The van der Waals surface area contributed by atoms with Gasteiger partial charge in [0.25, 0.3) is 0 Å². The van der Waals surface area contributed by atoms with E-state index in [1.165, 1.54) is 6.07 Å². The monoisotopic (exact) mass is 388 g/mol. The van der Waals surface area contributed by atoms with Crippen molar-refractivity contribution in [2.24, 2.45) is 0 Å². The van der Waals surface area contributed by atoms with Crippen LogP contribution in [0.3, 0.4) is 0 Å². The van der Waals surface area contributed by atoms with Gasteiger partial charge < -0.3 is 25.0 Å². The molecule has 1 amide bonds. The smallest absolute Gasteiger partial charge is 0.227 e. The second-order valence-electron chi connectivity index (χ2n) is 7.99. The van der Waals surface area contributed by atoms with Gasteiger partial charge in [0, 0.05) is 51.4 Å². The van der Waals surface area contributed by atoms with Crippen LogP contribution in [0.2, 0.25) is 0 Å². The van der Waals surface area contributed by atoms with Crippen LogP contribution in [0.1, 0.15) is 24.7 Å². The van der Waals surface area contributed by atoms with Gasteiger partial charge in [0.15, 0.2) is 0 Å². The number of nitrogens with one attached hydrogen (secondary N) is 2. The Morgan fingerprint density at radius 2 is 2.07 bits per heavy atom. The van der Waals surface area contributed by atoms with Crippen molar-refractivity contribution in [3.8, 4) is 0 Å². The number of hydrogen-bond donors (Lipinski definition) is 2. The lowest BCUT2D eigenvalue weighted by molar-refractivity contribution is -0.120. The van der Waals surface area contributed by atoms with E-state index in [2.05, 4.69) is 25.1 Å². The zero-order valence-corrected chi connectivity index (χ0v) is 16.7. The maximum absolute atomic E-state index is 14.8. The van der Waals surface area contributed by atoms with Crippen LogP contribution in [0.5, 0.6) is 0 Å². The van der Waals surface area contributed by atoms with Gasteiger partial charge in [-0.3, -0.25) is 4.79 Å². The molecule has 2 fully saturated rings. The zero-order valence-electron chi connectivity index (χ0n) is 16.7. The van der Waals surface area contributed by atoms with E-state index in [0.29, 0.717) is 23.8 Å². The third kappa shape index (κ3) is 4.12. The van der Waals surface area contributed by atoms with E-state index in [9.17, 15) is 9.18 Å². The Hall–Kier alpha value is -2.19. The number of hydrogen-bond acceptors (Lipinski definition) is 5. The van der Waals surface area contributed by atoms with Crippen LogP contribution in [-0.2, 0) is 11.2 Å². The van der Waals surface area contributed by atoms with Crippen molar-refractivity contribution in [1.82, 2.24) is 25.1 Å². The number of halogens is 1. The molecule has 0 atom stereocenters. The first-order valence-electron chi connectivity index (χ1n) is 10.1. The molecule has 8 heteroatoms. The molecule has 1 aliphatic carbocycles. The molecule has 2 N–H and O–H groups in total. The lowest BCUT2D eigenvalue weighted by atomic mass is 10.2. The number of rotatable bonds is 7. The average molecular weight is 388 g/mol. The van der Waals surface area contributed by atoms with Gasteiger partial charge in [-0.15, -0.1) is 0 Å². The van der Waals surface area contributed by atoms with Crippen LogP contribution in [-0.4, -0.2) is 73.7 Å². The van der Waals surface area contributed by atoms with Gasteiger partial charge in [0.05, 0.1) is 23.1 Å². The number of nitrogens with zero attached hydrogens (tertiary/aromatic N) is 4. The van der Waals surface area contributed by atoms with Crippen molar-refractivity contribution in [3.63, 3.8) is 0 Å². The Kier molecular flexibility index (Phi) is 5.50. The summed E-state index contributed by atoms with van der Waals surface area (Å²) in [7, 11) is 3.95. The van der Waals surface area contributed by atoms with Crippen molar-refractivity contribution in [3.05, 3.63) is 23.8 Å². The molecule has 1 aromatic carbocycles. The van der Waals surface area contributed by atoms with Gasteiger partial charge in [-0.25, -0.2) is 9.37 Å². The predicted molar refractivity (Wildman–Crippen MR) is 108 cm³/mol. The number of anilines is 1. The van der Waals surface area contributed by atoms with Crippen LogP contribution >= 0.6 is 0 Å². The number of likely N-dealkylation sites (N-methyl/N-ethyl adjacent to an activating group) is 1. The van der Waals surface area contributed by atoms with E-state index in [-0.39, 0.29) is 18.1 Å². The first-order valence-corrected chi connectivity index (χ1v) is 10.1. The molecule has 152 valence electrons. The van der Waals surface area contributed by atoms with Crippen molar-refractivity contribution in [2.45, 2.75) is 25.3 Å². The second-order valence-corrected chi connectivity index (χ2v) is 7.99. The maximum atomic E-state index is 14.8. The lowest BCUT2D eigenvalue weighted by Gasteiger charge is -2.29. The van der Waals surface area contributed by atoms with Gasteiger partial charge in [-0.2, -0.15) is 0 Å². The Morgan fingerprint density at radius 3 is 2.75 bits per heavy atom. The number of carbonyl (C=O) groups is 1. The minimum absolute atomic E-state index is 0.0399. The van der Waals surface area contributed by atoms with Crippen molar-refractivity contribution < 1.29 is 9.18 Å². The van der Waals surface area contributed by atoms with E-state index in [1.54, 1.807) is 0 Å². The normalized spacial score (nSPS) is 17.5. The third-order valence-corrected chi connectivity index (χ3v) is 5.40.